The molecule has 1 heterocycles. The number of fused-ring (bicyclic) bond motifs is 1. The Morgan fingerprint density at radius 1 is 1.04 bits per heavy atom. The number of nitrogens with zero attached hydrogens (tertiary/aromatic N) is 1. The molecule has 1 N–H and O–H groups in total. The fraction of sp³-hybridized carbons (Fsp3) is 0.316. The maximum Gasteiger partial charge on any atom is 0.190 e. The summed E-state index contributed by atoms with van der Waals surface area (Å²) in [5.74, 6) is -1.29. The summed E-state index contributed by atoms with van der Waals surface area (Å²) in [6.07, 6.45) is 3.99. The molecule has 0 unspecified atom stereocenters. The molecule has 0 radical (unpaired) electrons. The SMILES string of the molecule is CCCCCCOc1c(F)cc(-c2nc3ccccc3[nH]2)cc1F. The third-order valence-electron chi connectivity index (χ3n) is 3.91. The van der Waals surface area contributed by atoms with E-state index >= 15 is 0 Å². The van der Waals surface area contributed by atoms with Crippen LogP contribution in [0.25, 0.3) is 22.4 Å². The summed E-state index contributed by atoms with van der Waals surface area (Å²) in [6.45, 7) is 2.43. The normalized spacial score (nSPS) is 11.1. The van der Waals surface area contributed by atoms with Crippen LogP contribution in [0.15, 0.2) is 36.4 Å². The summed E-state index contributed by atoms with van der Waals surface area (Å²) in [4.78, 5) is 7.43. The number of aromatic amines is 1. The fourth-order valence-corrected chi connectivity index (χ4v) is 2.63. The average molecular weight is 330 g/mol. The van der Waals surface area contributed by atoms with Gasteiger partial charge in [-0.2, -0.15) is 0 Å². The maximum absolute atomic E-state index is 14.2. The van der Waals surface area contributed by atoms with Gasteiger partial charge >= 0.3 is 0 Å². The van der Waals surface area contributed by atoms with Crippen LogP contribution >= 0.6 is 0 Å². The zero-order valence-corrected chi connectivity index (χ0v) is 13.6. The minimum absolute atomic E-state index is 0.314. The number of nitrogens with one attached hydrogen (secondary N) is 1. The lowest BCUT2D eigenvalue weighted by Crippen LogP contribution is -2.02. The first kappa shape index (κ1) is 16.4. The molecule has 0 saturated heterocycles. The lowest BCUT2D eigenvalue weighted by molar-refractivity contribution is 0.275. The number of benzene rings is 2. The van der Waals surface area contributed by atoms with Gasteiger partial charge in [-0.15, -0.1) is 0 Å². The smallest absolute Gasteiger partial charge is 0.190 e. The number of hydrogen-bond acceptors (Lipinski definition) is 2. The lowest BCUT2D eigenvalue weighted by atomic mass is 10.2. The highest BCUT2D eigenvalue weighted by molar-refractivity contribution is 5.79. The Morgan fingerprint density at radius 2 is 1.79 bits per heavy atom. The number of aromatic nitrogens is 2. The van der Waals surface area contributed by atoms with Crippen LogP contribution < -0.4 is 4.74 Å². The summed E-state index contributed by atoms with van der Waals surface area (Å²) >= 11 is 0. The monoisotopic (exact) mass is 330 g/mol. The number of H-pyrrole nitrogens is 1. The first-order chi connectivity index (χ1) is 11.7. The minimum Gasteiger partial charge on any atom is -0.488 e. The Kier molecular flexibility index (Phi) is 5.08. The number of unbranched alkanes of at least 4 members (excludes halogenated alkanes) is 3. The molecular formula is C19H20F2N2O. The first-order valence-corrected chi connectivity index (χ1v) is 8.26. The highest BCUT2D eigenvalue weighted by Crippen LogP contribution is 2.29. The largest absolute Gasteiger partial charge is 0.488 e. The van der Waals surface area contributed by atoms with Crippen LogP contribution in [-0.4, -0.2) is 16.6 Å². The van der Waals surface area contributed by atoms with Crippen LogP contribution in [0.1, 0.15) is 32.6 Å². The van der Waals surface area contributed by atoms with Crippen LogP contribution in [0.4, 0.5) is 8.78 Å². The van der Waals surface area contributed by atoms with Crippen LogP contribution in [0, 0.1) is 11.6 Å². The molecule has 0 atom stereocenters. The van der Waals surface area contributed by atoms with E-state index in [-0.39, 0.29) is 5.75 Å². The second-order valence-electron chi connectivity index (χ2n) is 5.78. The molecule has 0 aliphatic heterocycles. The van der Waals surface area contributed by atoms with Gasteiger partial charge in [0.15, 0.2) is 17.4 Å². The van der Waals surface area contributed by atoms with E-state index in [1.54, 1.807) is 0 Å². The number of hydrogen-bond donors (Lipinski definition) is 1. The molecule has 0 aliphatic rings. The van der Waals surface area contributed by atoms with Crippen molar-refractivity contribution in [2.75, 3.05) is 6.61 Å². The third-order valence-corrected chi connectivity index (χ3v) is 3.91. The number of ether oxygens (including phenoxy) is 1. The van der Waals surface area contributed by atoms with Crippen LogP contribution in [0.5, 0.6) is 5.75 Å². The van der Waals surface area contributed by atoms with Gasteiger partial charge in [0.2, 0.25) is 0 Å². The van der Waals surface area contributed by atoms with E-state index in [2.05, 4.69) is 16.9 Å². The number of para-hydroxylation sites is 2. The van der Waals surface area contributed by atoms with Gasteiger partial charge in [0.25, 0.3) is 0 Å². The van der Waals surface area contributed by atoms with Crippen molar-refractivity contribution in [1.29, 1.82) is 0 Å². The highest BCUT2D eigenvalue weighted by atomic mass is 19.1. The third kappa shape index (κ3) is 3.55. The molecule has 1 aromatic heterocycles. The van der Waals surface area contributed by atoms with Crippen LogP contribution in [0.2, 0.25) is 0 Å². The van der Waals surface area contributed by atoms with E-state index in [0.717, 1.165) is 36.7 Å². The molecule has 2 aromatic carbocycles. The van der Waals surface area contributed by atoms with Gasteiger partial charge in [0, 0.05) is 5.56 Å². The zero-order valence-electron chi connectivity index (χ0n) is 13.6. The molecule has 3 aromatic rings. The molecule has 0 spiro atoms. The van der Waals surface area contributed by atoms with Crippen LogP contribution in [0.3, 0.4) is 0 Å². The highest BCUT2D eigenvalue weighted by Gasteiger charge is 2.15. The Balaban J connectivity index is 1.78. The lowest BCUT2D eigenvalue weighted by Gasteiger charge is -2.09. The van der Waals surface area contributed by atoms with Crippen molar-refractivity contribution in [3.05, 3.63) is 48.0 Å². The zero-order chi connectivity index (χ0) is 16.9. The number of imidazole rings is 1. The minimum atomic E-state index is -0.707. The van der Waals surface area contributed by atoms with Crippen molar-refractivity contribution in [3.63, 3.8) is 0 Å². The first-order valence-electron chi connectivity index (χ1n) is 8.26. The Labute approximate surface area is 139 Å². The van der Waals surface area contributed by atoms with Gasteiger partial charge in [0.05, 0.1) is 17.6 Å². The summed E-state index contributed by atoms with van der Waals surface area (Å²) in [7, 11) is 0. The quantitative estimate of drug-likeness (QED) is 0.584. The van der Waals surface area contributed by atoms with Crippen molar-refractivity contribution < 1.29 is 13.5 Å². The van der Waals surface area contributed by atoms with Gasteiger partial charge in [-0.25, -0.2) is 13.8 Å². The van der Waals surface area contributed by atoms with Crippen molar-refractivity contribution in [3.8, 4) is 17.1 Å². The molecule has 0 aliphatic carbocycles. The van der Waals surface area contributed by atoms with Gasteiger partial charge in [0.1, 0.15) is 5.82 Å². The van der Waals surface area contributed by atoms with Gasteiger partial charge in [-0.3, -0.25) is 0 Å². The molecule has 126 valence electrons. The second kappa shape index (κ2) is 7.43. The fourth-order valence-electron chi connectivity index (χ4n) is 2.63. The second-order valence-corrected chi connectivity index (χ2v) is 5.78. The topological polar surface area (TPSA) is 37.9 Å². The maximum atomic E-state index is 14.2. The number of rotatable bonds is 7. The van der Waals surface area contributed by atoms with Gasteiger partial charge in [-0.1, -0.05) is 38.3 Å². The van der Waals surface area contributed by atoms with Crippen molar-refractivity contribution in [1.82, 2.24) is 9.97 Å². The Morgan fingerprint density at radius 3 is 2.50 bits per heavy atom. The summed E-state index contributed by atoms with van der Waals surface area (Å²) in [6, 6.07) is 9.96. The Bertz CT molecular complexity index is 773. The molecule has 0 amide bonds. The van der Waals surface area contributed by atoms with Gasteiger partial charge in [-0.05, 0) is 30.7 Å². The van der Waals surface area contributed by atoms with Crippen molar-refractivity contribution in [2.45, 2.75) is 32.6 Å². The predicted octanol–water partition coefficient (Wildman–Crippen LogP) is 5.47. The summed E-state index contributed by atoms with van der Waals surface area (Å²) in [5.41, 5.74) is 1.94. The van der Waals surface area contributed by atoms with E-state index in [1.807, 2.05) is 24.3 Å². The van der Waals surface area contributed by atoms with Crippen molar-refractivity contribution >= 4 is 11.0 Å². The van der Waals surface area contributed by atoms with E-state index in [1.165, 1.54) is 12.1 Å². The standard InChI is InChI=1S/C19H20F2N2O/c1-2-3-4-7-10-24-18-14(20)11-13(12-15(18)21)19-22-16-8-5-6-9-17(16)23-19/h5-6,8-9,11-12H,2-4,7,10H2,1H3,(H,22,23). The van der Waals surface area contributed by atoms with Gasteiger partial charge < -0.3 is 9.72 Å². The Hall–Kier alpha value is -2.43. The predicted molar refractivity (Wildman–Crippen MR) is 91.1 cm³/mol. The molecule has 3 nitrogen and oxygen atoms in total. The van der Waals surface area contributed by atoms with E-state index < -0.39 is 11.6 Å². The van der Waals surface area contributed by atoms with Crippen LogP contribution in [-0.2, 0) is 0 Å². The van der Waals surface area contributed by atoms with E-state index in [9.17, 15) is 8.78 Å². The summed E-state index contributed by atoms with van der Waals surface area (Å²) in [5, 5.41) is 0. The number of halogens is 2. The van der Waals surface area contributed by atoms with E-state index in [0.29, 0.717) is 18.0 Å². The van der Waals surface area contributed by atoms with Crippen molar-refractivity contribution in [2.24, 2.45) is 0 Å². The molecule has 24 heavy (non-hydrogen) atoms. The summed E-state index contributed by atoms with van der Waals surface area (Å²) < 4.78 is 33.7. The molecule has 3 rings (SSSR count). The average Bonchev–Trinajstić information content (AvgIpc) is 3.00. The molecule has 0 fully saturated rings. The molecule has 5 heteroatoms. The molecule has 0 bridgehead atoms. The molecule has 0 saturated carbocycles. The molecular weight excluding hydrogens is 310 g/mol. The van der Waals surface area contributed by atoms with E-state index in [4.69, 9.17) is 4.74 Å².